The quantitative estimate of drug-likeness (QED) is 0.471. The molecule has 2 heterocycles. The van der Waals surface area contributed by atoms with Crippen LogP contribution in [-0.2, 0) is 24.3 Å². The van der Waals surface area contributed by atoms with E-state index in [2.05, 4.69) is 15.0 Å². The Kier molecular flexibility index (Phi) is 9.33. The summed E-state index contributed by atoms with van der Waals surface area (Å²) in [7, 11) is 1.78. The minimum Gasteiger partial charge on any atom is -0.341 e. The van der Waals surface area contributed by atoms with Crippen LogP contribution in [0.25, 0.3) is 0 Å². The number of hydrogen-bond acceptors (Lipinski definition) is 6. The Bertz CT molecular complexity index is 1120. The first-order valence-electron chi connectivity index (χ1n) is 11.3. The van der Waals surface area contributed by atoms with E-state index in [9.17, 15) is 14.0 Å². The minimum absolute atomic E-state index is 0. The van der Waals surface area contributed by atoms with Crippen molar-refractivity contribution in [2.45, 2.75) is 25.9 Å². The Labute approximate surface area is 210 Å². The first-order valence-corrected chi connectivity index (χ1v) is 11.3. The number of carbonyl (C=O) groups excluding carboxylic acids is 2. The lowest BCUT2D eigenvalue weighted by atomic mass is 10.1. The van der Waals surface area contributed by atoms with Gasteiger partial charge < -0.3 is 14.3 Å². The smallest absolute Gasteiger partial charge is 0.256 e. The molecule has 0 aliphatic carbocycles. The van der Waals surface area contributed by atoms with Gasteiger partial charge in [0, 0.05) is 52.6 Å². The second-order valence-corrected chi connectivity index (χ2v) is 8.39. The largest absolute Gasteiger partial charge is 0.341 e. The van der Waals surface area contributed by atoms with Crippen molar-refractivity contribution < 1.29 is 18.5 Å². The molecule has 1 saturated heterocycles. The third-order valence-corrected chi connectivity index (χ3v) is 5.88. The lowest BCUT2D eigenvalue weighted by molar-refractivity contribution is -0.130. The van der Waals surface area contributed by atoms with Crippen molar-refractivity contribution in [2.24, 2.45) is 0 Å². The SMILES string of the molecule is CN(Cc1ccccc1)C(=O)CCc1nc(CN2CCN(C(=O)c3ccccc3F)CC2)no1.Cl. The molecule has 0 atom stereocenters. The molecule has 1 aromatic heterocycles. The monoisotopic (exact) mass is 501 g/mol. The zero-order valence-electron chi connectivity index (χ0n) is 19.6. The molecule has 0 spiro atoms. The van der Waals surface area contributed by atoms with E-state index >= 15 is 0 Å². The number of aromatic nitrogens is 2. The molecule has 10 heteroatoms. The summed E-state index contributed by atoms with van der Waals surface area (Å²) >= 11 is 0. The molecule has 1 aliphatic heterocycles. The van der Waals surface area contributed by atoms with Crippen molar-refractivity contribution >= 4 is 24.2 Å². The predicted octanol–water partition coefficient (Wildman–Crippen LogP) is 3.18. The van der Waals surface area contributed by atoms with E-state index in [0.717, 1.165) is 5.56 Å². The van der Waals surface area contributed by atoms with Crippen LogP contribution in [-0.4, -0.2) is 69.9 Å². The van der Waals surface area contributed by atoms with Crippen molar-refractivity contribution in [2.75, 3.05) is 33.2 Å². The molecule has 35 heavy (non-hydrogen) atoms. The number of piperazine rings is 1. The number of aryl methyl sites for hydroxylation is 1. The van der Waals surface area contributed by atoms with Crippen LogP contribution in [0.4, 0.5) is 4.39 Å². The number of halogens is 2. The van der Waals surface area contributed by atoms with Gasteiger partial charge in [-0.3, -0.25) is 14.5 Å². The van der Waals surface area contributed by atoms with Crippen molar-refractivity contribution in [1.29, 1.82) is 0 Å². The summed E-state index contributed by atoms with van der Waals surface area (Å²) < 4.78 is 19.2. The zero-order chi connectivity index (χ0) is 23.9. The van der Waals surface area contributed by atoms with E-state index in [4.69, 9.17) is 4.52 Å². The number of amides is 2. The van der Waals surface area contributed by atoms with E-state index < -0.39 is 5.82 Å². The summed E-state index contributed by atoms with van der Waals surface area (Å²) in [5.41, 5.74) is 1.18. The standard InChI is InChI=1S/C25H28FN5O3.ClH/c1-29(17-19-7-3-2-4-8-19)24(32)12-11-23-27-22(28-34-23)18-30-13-15-31(16-14-30)25(33)20-9-5-6-10-21(20)26;/h2-10H,11-18H2,1H3;1H. The van der Waals surface area contributed by atoms with Crippen LogP contribution in [0.15, 0.2) is 59.1 Å². The summed E-state index contributed by atoms with van der Waals surface area (Å²) in [5, 5.41) is 4.03. The highest BCUT2D eigenvalue weighted by Gasteiger charge is 2.25. The molecular weight excluding hydrogens is 473 g/mol. The predicted molar refractivity (Wildman–Crippen MR) is 130 cm³/mol. The average Bonchev–Trinajstić information content (AvgIpc) is 3.30. The maximum absolute atomic E-state index is 13.9. The molecular formula is C25H29ClFN5O3. The number of hydrogen-bond donors (Lipinski definition) is 0. The van der Waals surface area contributed by atoms with E-state index in [-0.39, 0.29) is 29.8 Å². The Morgan fingerprint density at radius 2 is 1.71 bits per heavy atom. The molecule has 2 amide bonds. The van der Waals surface area contributed by atoms with E-state index in [0.29, 0.717) is 63.8 Å². The first kappa shape index (κ1) is 26.3. The van der Waals surface area contributed by atoms with Gasteiger partial charge in [0.05, 0.1) is 12.1 Å². The first-order chi connectivity index (χ1) is 16.5. The molecule has 0 bridgehead atoms. The van der Waals surface area contributed by atoms with Crippen LogP contribution >= 0.6 is 12.4 Å². The van der Waals surface area contributed by atoms with Crippen molar-refractivity contribution in [3.63, 3.8) is 0 Å². The van der Waals surface area contributed by atoms with Gasteiger partial charge in [0.25, 0.3) is 5.91 Å². The van der Waals surface area contributed by atoms with Crippen molar-refractivity contribution in [1.82, 2.24) is 24.8 Å². The van der Waals surface area contributed by atoms with Gasteiger partial charge in [-0.1, -0.05) is 47.6 Å². The van der Waals surface area contributed by atoms with Gasteiger partial charge in [-0.15, -0.1) is 12.4 Å². The Balaban J connectivity index is 0.00000342. The highest BCUT2D eigenvalue weighted by molar-refractivity contribution is 5.94. The third-order valence-electron chi connectivity index (χ3n) is 5.88. The van der Waals surface area contributed by atoms with Gasteiger partial charge in [0.15, 0.2) is 5.82 Å². The molecule has 0 radical (unpaired) electrons. The van der Waals surface area contributed by atoms with Gasteiger partial charge in [0.2, 0.25) is 11.8 Å². The van der Waals surface area contributed by atoms with Gasteiger partial charge in [0.1, 0.15) is 5.82 Å². The average molecular weight is 502 g/mol. The second kappa shape index (κ2) is 12.4. The van der Waals surface area contributed by atoms with Crippen molar-refractivity contribution in [3.05, 3.63) is 83.3 Å². The molecule has 0 N–H and O–H groups in total. The molecule has 3 aromatic rings. The fraction of sp³-hybridized carbons (Fsp3) is 0.360. The number of carbonyl (C=O) groups is 2. The lowest BCUT2D eigenvalue weighted by Gasteiger charge is -2.34. The van der Waals surface area contributed by atoms with Crippen LogP contribution in [0, 0.1) is 5.82 Å². The minimum atomic E-state index is -0.501. The van der Waals surface area contributed by atoms with Gasteiger partial charge in [-0.05, 0) is 17.7 Å². The second-order valence-electron chi connectivity index (χ2n) is 8.39. The van der Waals surface area contributed by atoms with Crippen LogP contribution < -0.4 is 0 Å². The van der Waals surface area contributed by atoms with Gasteiger partial charge >= 0.3 is 0 Å². The lowest BCUT2D eigenvalue weighted by Crippen LogP contribution is -2.48. The summed E-state index contributed by atoms with van der Waals surface area (Å²) in [6.45, 7) is 3.31. The fourth-order valence-electron chi connectivity index (χ4n) is 3.92. The molecule has 0 unspecified atom stereocenters. The summed E-state index contributed by atoms with van der Waals surface area (Å²) in [6, 6.07) is 15.9. The Morgan fingerprint density at radius 1 is 1.03 bits per heavy atom. The molecule has 4 rings (SSSR count). The highest BCUT2D eigenvalue weighted by Crippen LogP contribution is 2.14. The fourth-order valence-corrected chi connectivity index (χ4v) is 3.92. The summed E-state index contributed by atoms with van der Waals surface area (Å²) in [6.07, 6.45) is 0.678. The molecule has 0 saturated carbocycles. The molecule has 186 valence electrons. The topological polar surface area (TPSA) is 82.8 Å². The van der Waals surface area contributed by atoms with Crippen molar-refractivity contribution in [3.8, 4) is 0 Å². The third kappa shape index (κ3) is 7.10. The number of benzene rings is 2. The highest BCUT2D eigenvalue weighted by atomic mass is 35.5. The molecule has 8 nitrogen and oxygen atoms in total. The van der Waals surface area contributed by atoms with Crippen LogP contribution in [0.3, 0.4) is 0 Å². The van der Waals surface area contributed by atoms with Gasteiger partial charge in [-0.25, -0.2) is 4.39 Å². The van der Waals surface area contributed by atoms with Crippen LogP contribution in [0.1, 0.15) is 34.1 Å². The maximum atomic E-state index is 13.9. The van der Waals surface area contributed by atoms with Gasteiger partial charge in [-0.2, -0.15) is 4.98 Å². The van der Waals surface area contributed by atoms with Crippen LogP contribution in [0.2, 0.25) is 0 Å². The maximum Gasteiger partial charge on any atom is 0.256 e. The van der Waals surface area contributed by atoms with E-state index in [1.165, 1.54) is 12.1 Å². The molecule has 2 aromatic carbocycles. The Hall–Kier alpha value is -3.30. The summed E-state index contributed by atoms with van der Waals surface area (Å²) in [4.78, 5) is 34.9. The summed E-state index contributed by atoms with van der Waals surface area (Å²) in [5.74, 6) is 0.207. The number of nitrogens with zero attached hydrogens (tertiary/aromatic N) is 5. The Morgan fingerprint density at radius 3 is 2.43 bits per heavy atom. The van der Waals surface area contributed by atoms with E-state index in [1.807, 2.05) is 30.3 Å². The normalized spacial score (nSPS) is 13.8. The number of rotatable bonds is 8. The zero-order valence-corrected chi connectivity index (χ0v) is 20.4. The molecule has 1 aliphatic rings. The van der Waals surface area contributed by atoms with Crippen LogP contribution in [0.5, 0.6) is 0 Å². The van der Waals surface area contributed by atoms with E-state index in [1.54, 1.807) is 29.0 Å². The molecule has 1 fully saturated rings.